The van der Waals surface area contributed by atoms with Gasteiger partial charge in [-0.15, -0.1) is 11.3 Å². The SMILES string of the molecule is CCC1CCc2c(sc(NC(=O)CC(C)CC(=O)O)c2C#N)C1. The van der Waals surface area contributed by atoms with Gasteiger partial charge in [0.2, 0.25) is 5.91 Å². The zero-order chi connectivity index (χ0) is 17.0. The van der Waals surface area contributed by atoms with Crippen LogP contribution in [-0.4, -0.2) is 17.0 Å². The molecule has 2 N–H and O–H groups in total. The quantitative estimate of drug-likeness (QED) is 0.832. The summed E-state index contributed by atoms with van der Waals surface area (Å²) in [7, 11) is 0. The number of carbonyl (C=O) groups excluding carboxylic acids is 1. The summed E-state index contributed by atoms with van der Waals surface area (Å²) in [5.41, 5.74) is 1.69. The normalized spacial score (nSPS) is 17.9. The van der Waals surface area contributed by atoms with Crippen LogP contribution in [-0.2, 0) is 22.4 Å². The molecule has 1 heterocycles. The molecule has 0 fully saturated rings. The number of anilines is 1. The lowest BCUT2D eigenvalue weighted by atomic mass is 9.86. The summed E-state index contributed by atoms with van der Waals surface area (Å²) in [4.78, 5) is 24.0. The predicted molar refractivity (Wildman–Crippen MR) is 89.5 cm³/mol. The van der Waals surface area contributed by atoms with E-state index in [1.54, 1.807) is 6.92 Å². The Hall–Kier alpha value is -1.87. The molecule has 0 saturated carbocycles. The lowest BCUT2D eigenvalue weighted by molar-refractivity contribution is -0.138. The van der Waals surface area contributed by atoms with Crippen LogP contribution in [0.5, 0.6) is 0 Å². The third-order valence-electron chi connectivity index (χ3n) is 4.37. The molecule has 1 aromatic heterocycles. The summed E-state index contributed by atoms with van der Waals surface area (Å²) in [6, 6.07) is 2.23. The van der Waals surface area contributed by atoms with Crippen LogP contribution in [0.2, 0.25) is 0 Å². The molecule has 23 heavy (non-hydrogen) atoms. The number of nitrogens with one attached hydrogen (secondary N) is 1. The van der Waals surface area contributed by atoms with E-state index in [-0.39, 0.29) is 24.7 Å². The van der Waals surface area contributed by atoms with Crippen LogP contribution in [0.4, 0.5) is 5.00 Å². The van der Waals surface area contributed by atoms with Gasteiger partial charge in [0.15, 0.2) is 0 Å². The van der Waals surface area contributed by atoms with Gasteiger partial charge in [-0.3, -0.25) is 9.59 Å². The molecule has 2 atom stereocenters. The molecule has 2 unspecified atom stereocenters. The van der Waals surface area contributed by atoms with Gasteiger partial charge in [-0.05, 0) is 36.7 Å². The first kappa shape index (κ1) is 17.5. The Balaban J connectivity index is 2.09. The summed E-state index contributed by atoms with van der Waals surface area (Å²) in [6.45, 7) is 3.92. The van der Waals surface area contributed by atoms with E-state index in [1.165, 1.54) is 16.2 Å². The highest BCUT2D eigenvalue weighted by molar-refractivity contribution is 7.16. The average Bonchev–Trinajstić information content (AvgIpc) is 2.81. The summed E-state index contributed by atoms with van der Waals surface area (Å²) in [6.07, 6.45) is 4.23. The van der Waals surface area contributed by atoms with E-state index in [4.69, 9.17) is 5.11 Å². The van der Waals surface area contributed by atoms with Crippen molar-refractivity contribution in [3.63, 3.8) is 0 Å². The molecule has 6 heteroatoms. The van der Waals surface area contributed by atoms with Gasteiger partial charge >= 0.3 is 5.97 Å². The summed E-state index contributed by atoms with van der Waals surface area (Å²) >= 11 is 1.50. The minimum Gasteiger partial charge on any atom is -0.481 e. The molecule has 0 spiro atoms. The second-order valence-electron chi connectivity index (χ2n) is 6.29. The van der Waals surface area contributed by atoms with Crippen molar-refractivity contribution in [2.24, 2.45) is 11.8 Å². The Bertz CT molecular complexity index is 645. The lowest BCUT2D eigenvalue weighted by Gasteiger charge is -2.20. The minimum atomic E-state index is -0.903. The number of amides is 1. The Kier molecular flexibility index (Phi) is 5.78. The molecule has 0 bridgehead atoms. The summed E-state index contributed by atoms with van der Waals surface area (Å²) in [5.74, 6) is -0.690. The molecule has 1 aromatic rings. The summed E-state index contributed by atoms with van der Waals surface area (Å²) < 4.78 is 0. The van der Waals surface area contributed by atoms with Gasteiger partial charge in [-0.2, -0.15) is 5.26 Å². The fourth-order valence-corrected chi connectivity index (χ4v) is 4.40. The molecule has 0 radical (unpaired) electrons. The number of hydrogen-bond donors (Lipinski definition) is 2. The van der Waals surface area contributed by atoms with E-state index in [2.05, 4.69) is 18.3 Å². The van der Waals surface area contributed by atoms with Crippen molar-refractivity contribution in [3.8, 4) is 6.07 Å². The van der Waals surface area contributed by atoms with Gasteiger partial charge < -0.3 is 10.4 Å². The molecule has 1 aliphatic carbocycles. The van der Waals surface area contributed by atoms with Crippen molar-refractivity contribution in [2.45, 2.75) is 52.4 Å². The zero-order valence-electron chi connectivity index (χ0n) is 13.5. The largest absolute Gasteiger partial charge is 0.481 e. The highest BCUT2D eigenvalue weighted by atomic mass is 32.1. The third kappa shape index (κ3) is 4.32. The molecule has 1 aliphatic rings. The van der Waals surface area contributed by atoms with Crippen LogP contribution >= 0.6 is 11.3 Å². The Morgan fingerprint density at radius 3 is 2.83 bits per heavy atom. The maximum Gasteiger partial charge on any atom is 0.303 e. The number of carbonyl (C=O) groups is 2. The maximum absolute atomic E-state index is 12.1. The third-order valence-corrected chi connectivity index (χ3v) is 5.54. The van der Waals surface area contributed by atoms with E-state index in [9.17, 15) is 14.9 Å². The van der Waals surface area contributed by atoms with Gasteiger partial charge in [0, 0.05) is 17.7 Å². The molecule has 5 nitrogen and oxygen atoms in total. The first-order chi connectivity index (χ1) is 10.9. The molecule has 1 amide bonds. The first-order valence-corrected chi connectivity index (χ1v) is 8.82. The number of aliphatic carboxylic acids is 1. The number of thiophene rings is 1. The van der Waals surface area contributed by atoms with Crippen molar-refractivity contribution in [3.05, 3.63) is 16.0 Å². The van der Waals surface area contributed by atoms with E-state index in [0.717, 1.165) is 31.2 Å². The fourth-order valence-electron chi connectivity index (χ4n) is 3.07. The number of rotatable bonds is 6. The number of nitrogens with zero attached hydrogens (tertiary/aromatic N) is 1. The van der Waals surface area contributed by atoms with Crippen LogP contribution in [0.1, 0.15) is 55.5 Å². The van der Waals surface area contributed by atoms with Gasteiger partial charge in [0.25, 0.3) is 0 Å². The molecule has 124 valence electrons. The molecule has 0 aliphatic heterocycles. The lowest BCUT2D eigenvalue weighted by Crippen LogP contribution is -2.17. The fraction of sp³-hybridized carbons (Fsp3) is 0.588. The Morgan fingerprint density at radius 2 is 2.22 bits per heavy atom. The van der Waals surface area contributed by atoms with E-state index in [1.807, 2.05) is 0 Å². The van der Waals surface area contributed by atoms with Crippen molar-refractivity contribution in [1.29, 1.82) is 5.26 Å². The van der Waals surface area contributed by atoms with Gasteiger partial charge in [0.1, 0.15) is 11.1 Å². The highest BCUT2D eigenvalue weighted by Crippen LogP contribution is 2.40. The van der Waals surface area contributed by atoms with Crippen LogP contribution in [0.25, 0.3) is 0 Å². The molecular weight excluding hydrogens is 312 g/mol. The van der Waals surface area contributed by atoms with Crippen molar-refractivity contribution < 1.29 is 14.7 Å². The number of carboxylic acid groups (broad SMARTS) is 1. The number of hydrogen-bond acceptors (Lipinski definition) is 4. The number of fused-ring (bicyclic) bond motifs is 1. The molecule has 0 saturated heterocycles. The minimum absolute atomic E-state index is 0.0301. The topological polar surface area (TPSA) is 90.2 Å². The van der Waals surface area contributed by atoms with Crippen LogP contribution in [0.15, 0.2) is 0 Å². The van der Waals surface area contributed by atoms with Gasteiger partial charge in [-0.25, -0.2) is 0 Å². The van der Waals surface area contributed by atoms with E-state index < -0.39 is 5.97 Å². The average molecular weight is 334 g/mol. The monoisotopic (exact) mass is 334 g/mol. The molecule has 2 rings (SSSR count). The molecular formula is C17H22N2O3S. The smallest absolute Gasteiger partial charge is 0.303 e. The van der Waals surface area contributed by atoms with Crippen molar-refractivity contribution in [2.75, 3.05) is 5.32 Å². The highest BCUT2D eigenvalue weighted by Gasteiger charge is 2.26. The van der Waals surface area contributed by atoms with Crippen molar-refractivity contribution in [1.82, 2.24) is 0 Å². The zero-order valence-corrected chi connectivity index (χ0v) is 14.3. The Labute approximate surface area is 140 Å². The van der Waals surface area contributed by atoms with Crippen molar-refractivity contribution >= 4 is 28.2 Å². The van der Waals surface area contributed by atoms with Gasteiger partial charge in [-0.1, -0.05) is 20.3 Å². The second kappa shape index (κ2) is 7.60. The first-order valence-electron chi connectivity index (χ1n) is 8.00. The standard InChI is InChI=1S/C17H22N2O3S/c1-3-11-4-5-12-13(9-18)17(23-14(12)8-11)19-15(20)6-10(2)7-16(21)22/h10-11H,3-8H2,1-2H3,(H,19,20)(H,21,22). The van der Waals surface area contributed by atoms with Crippen LogP contribution < -0.4 is 5.32 Å². The Morgan fingerprint density at radius 1 is 1.48 bits per heavy atom. The second-order valence-corrected chi connectivity index (χ2v) is 7.40. The van der Waals surface area contributed by atoms with Gasteiger partial charge in [0.05, 0.1) is 5.56 Å². The summed E-state index contributed by atoms with van der Waals surface area (Å²) in [5, 5.41) is 21.6. The van der Waals surface area contributed by atoms with E-state index in [0.29, 0.717) is 16.5 Å². The van der Waals surface area contributed by atoms with Crippen LogP contribution in [0, 0.1) is 23.2 Å². The maximum atomic E-state index is 12.1. The van der Waals surface area contributed by atoms with E-state index >= 15 is 0 Å². The predicted octanol–water partition coefficient (Wildman–Crippen LogP) is 3.57. The molecule has 0 aromatic carbocycles. The number of carboxylic acids is 1. The van der Waals surface area contributed by atoms with Crippen LogP contribution in [0.3, 0.4) is 0 Å². The number of nitriles is 1.